The van der Waals surface area contributed by atoms with Crippen LogP contribution in [-0.2, 0) is 0 Å². The van der Waals surface area contributed by atoms with E-state index in [1.165, 1.54) is 42.6 Å². The molecule has 2 unspecified atom stereocenters. The third-order valence-corrected chi connectivity index (χ3v) is 4.93. The number of aryl methyl sites for hydroxylation is 1. The SMILES string of the molecule is Cc1ccc2c(c1)nc(C1CCCCC1CN)n2C(C)C. The Morgan fingerprint density at radius 3 is 2.76 bits per heavy atom. The smallest absolute Gasteiger partial charge is 0.113 e. The number of fused-ring (bicyclic) bond motifs is 1. The van der Waals surface area contributed by atoms with E-state index in [0.29, 0.717) is 17.9 Å². The minimum absolute atomic E-state index is 0.438. The summed E-state index contributed by atoms with van der Waals surface area (Å²) in [6.07, 6.45) is 5.11. The molecular formula is C18H27N3. The molecule has 0 aliphatic heterocycles. The first kappa shape index (κ1) is 14.6. The van der Waals surface area contributed by atoms with Crippen LogP contribution in [0.2, 0.25) is 0 Å². The maximum atomic E-state index is 6.04. The summed E-state index contributed by atoms with van der Waals surface area (Å²) in [5, 5.41) is 0. The number of nitrogens with two attached hydrogens (primary N) is 1. The van der Waals surface area contributed by atoms with Crippen LogP contribution in [0.5, 0.6) is 0 Å². The second-order valence-corrected chi connectivity index (χ2v) is 6.81. The van der Waals surface area contributed by atoms with Gasteiger partial charge in [-0.1, -0.05) is 18.9 Å². The van der Waals surface area contributed by atoms with Crippen LogP contribution < -0.4 is 5.73 Å². The summed E-state index contributed by atoms with van der Waals surface area (Å²) in [6, 6.07) is 7.06. The van der Waals surface area contributed by atoms with Gasteiger partial charge in [0.15, 0.2) is 0 Å². The van der Waals surface area contributed by atoms with Crippen molar-refractivity contribution in [3.8, 4) is 0 Å². The summed E-state index contributed by atoms with van der Waals surface area (Å²) >= 11 is 0. The lowest BCUT2D eigenvalue weighted by atomic mass is 9.78. The third kappa shape index (κ3) is 2.59. The van der Waals surface area contributed by atoms with E-state index in [-0.39, 0.29) is 0 Å². The fourth-order valence-electron chi connectivity index (χ4n) is 3.86. The Labute approximate surface area is 127 Å². The summed E-state index contributed by atoms with van der Waals surface area (Å²) in [4.78, 5) is 5.02. The van der Waals surface area contributed by atoms with Crippen LogP contribution in [-0.4, -0.2) is 16.1 Å². The van der Waals surface area contributed by atoms with Gasteiger partial charge >= 0.3 is 0 Å². The zero-order valence-corrected chi connectivity index (χ0v) is 13.5. The Balaban J connectivity index is 2.14. The molecule has 0 radical (unpaired) electrons. The largest absolute Gasteiger partial charge is 0.330 e. The van der Waals surface area contributed by atoms with E-state index in [2.05, 4.69) is 43.5 Å². The fraction of sp³-hybridized carbons (Fsp3) is 0.611. The average Bonchev–Trinajstić information content (AvgIpc) is 2.85. The number of hydrogen-bond donors (Lipinski definition) is 1. The molecule has 1 aliphatic rings. The Morgan fingerprint density at radius 2 is 2.05 bits per heavy atom. The van der Waals surface area contributed by atoms with Crippen molar-refractivity contribution in [3.63, 3.8) is 0 Å². The molecule has 1 fully saturated rings. The molecular weight excluding hydrogens is 258 g/mol. The summed E-state index contributed by atoms with van der Waals surface area (Å²) in [5.41, 5.74) is 9.73. The van der Waals surface area contributed by atoms with E-state index in [9.17, 15) is 0 Å². The van der Waals surface area contributed by atoms with Crippen LogP contribution in [0.25, 0.3) is 11.0 Å². The van der Waals surface area contributed by atoms with Gasteiger partial charge in [-0.2, -0.15) is 0 Å². The highest BCUT2D eigenvalue weighted by molar-refractivity contribution is 5.77. The molecule has 1 aromatic heterocycles. The summed E-state index contributed by atoms with van der Waals surface area (Å²) < 4.78 is 2.44. The lowest BCUT2D eigenvalue weighted by molar-refractivity contribution is 0.296. The first-order valence-corrected chi connectivity index (χ1v) is 8.30. The first-order valence-electron chi connectivity index (χ1n) is 8.30. The molecule has 0 bridgehead atoms. The Morgan fingerprint density at radius 1 is 1.29 bits per heavy atom. The molecule has 114 valence electrons. The highest BCUT2D eigenvalue weighted by Gasteiger charge is 2.30. The van der Waals surface area contributed by atoms with Gasteiger partial charge in [-0.15, -0.1) is 0 Å². The Bertz CT molecular complexity index is 627. The van der Waals surface area contributed by atoms with Crippen molar-refractivity contribution in [1.82, 2.24) is 9.55 Å². The molecule has 2 N–H and O–H groups in total. The molecule has 3 nitrogen and oxygen atoms in total. The normalized spacial score (nSPS) is 23.1. The van der Waals surface area contributed by atoms with Crippen molar-refractivity contribution < 1.29 is 0 Å². The minimum atomic E-state index is 0.438. The third-order valence-electron chi connectivity index (χ3n) is 4.93. The lowest BCUT2D eigenvalue weighted by Crippen LogP contribution is -2.27. The van der Waals surface area contributed by atoms with Crippen molar-refractivity contribution in [1.29, 1.82) is 0 Å². The fourth-order valence-corrected chi connectivity index (χ4v) is 3.86. The van der Waals surface area contributed by atoms with Crippen molar-refractivity contribution in [2.24, 2.45) is 11.7 Å². The van der Waals surface area contributed by atoms with E-state index in [1.54, 1.807) is 0 Å². The van der Waals surface area contributed by atoms with Gasteiger partial charge in [0.1, 0.15) is 5.82 Å². The van der Waals surface area contributed by atoms with Gasteiger partial charge in [0.05, 0.1) is 11.0 Å². The van der Waals surface area contributed by atoms with Gasteiger partial charge in [-0.3, -0.25) is 0 Å². The Kier molecular flexibility index (Phi) is 4.03. The minimum Gasteiger partial charge on any atom is -0.330 e. The predicted molar refractivity (Wildman–Crippen MR) is 88.6 cm³/mol. The molecule has 0 spiro atoms. The second-order valence-electron chi connectivity index (χ2n) is 6.81. The van der Waals surface area contributed by atoms with Gasteiger partial charge in [-0.05, 0) is 63.8 Å². The van der Waals surface area contributed by atoms with Crippen molar-refractivity contribution in [2.45, 2.75) is 58.4 Å². The molecule has 1 heterocycles. The van der Waals surface area contributed by atoms with Crippen LogP contribution in [0.4, 0.5) is 0 Å². The van der Waals surface area contributed by atoms with E-state index >= 15 is 0 Å². The molecule has 0 saturated heterocycles. The molecule has 2 atom stereocenters. The molecule has 3 rings (SSSR count). The summed E-state index contributed by atoms with van der Waals surface area (Å²) in [7, 11) is 0. The monoisotopic (exact) mass is 285 g/mol. The first-order chi connectivity index (χ1) is 10.1. The van der Waals surface area contributed by atoms with Crippen molar-refractivity contribution in [2.75, 3.05) is 6.54 Å². The maximum Gasteiger partial charge on any atom is 0.113 e. The standard InChI is InChI=1S/C18H27N3/c1-12(2)21-17-9-8-13(3)10-16(17)20-18(21)15-7-5-4-6-14(15)11-19/h8-10,12,14-15H,4-7,11,19H2,1-3H3. The summed E-state index contributed by atoms with van der Waals surface area (Å²) in [6.45, 7) is 7.43. The van der Waals surface area contributed by atoms with Crippen LogP contribution in [0.3, 0.4) is 0 Å². The van der Waals surface area contributed by atoms with Crippen LogP contribution in [0.1, 0.15) is 62.9 Å². The van der Waals surface area contributed by atoms with Crippen LogP contribution in [0.15, 0.2) is 18.2 Å². The molecule has 0 amide bonds. The number of rotatable bonds is 3. The molecule has 1 aromatic carbocycles. The van der Waals surface area contributed by atoms with Crippen LogP contribution >= 0.6 is 0 Å². The zero-order chi connectivity index (χ0) is 15.0. The maximum absolute atomic E-state index is 6.04. The predicted octanol–water partition coefficient (Wildman–Crippen LogP) is 4.16. The molecule has 3 heteroatoms. The number of nitrogens with zero attached hydrogens (tertiary/aromatic N) is 2. The van der Waals surface area contributed by atoms with E-state index in [1.807, 2.05) is 0 Å². The van der Waals surface area contributed by atoms with E-state index in [0.717, 1.165) is 12.1 Å². The average molecular weight is 285 g/mol. The topological polar surface area (TPSA) is 43.8 Å². The highest BCUT2D eigenvalue weighted by Crippen LogP contribution is 2.39. The Hall–Kier alpha value is -1.35. The van der Waals surface area contributed by atoms with Gasteiger partial charge in [-0.25, -0.2) is 4.98 Å². The second kappa shape index (κ2) is 5.80. The number of hydrogen-bond acceptors (Lipinski definition) is 2. The van der Waals surface area contributed by atoms with Gasteiger partial charge in [0, 0.05) is 12.0 Å². The van der Waals surface area contributed by atoms with Crippen molar-refractivity contribution >= 4 is 11.0 Å². The van der Waals surface area contributed by atoms with E-state index < -0.39 is 0 Å². The number of benzene rings is 1. The van der Waals surface area contributed by atoms with Gasteiger partial charge in [0.2, 0.25) is 0 Å². The number of imidazole rings is 1. The molecule has 21 heavy (non-hydrogen) atoms. The van der Waals surface area contributed by atoms with Gasteiger partial charge < -0.3 is 10.3 Å². The van der Waals surface area contributed by atoms with E-state index in [4.69, 9.17) is 10.7 Å². The summed E-state index contributed by atoms with van der Waals surface area (Å²) in [5.74, 6) is 2.38. The molecule has 2 aromatic rings. The van der Waals surface area contributed by atoms with Crippen molar-refractivity contribution in [3.05, 3.63) is 29.6 Å². The lowest BCUT2D eigenvalue weighted by Gasteiger charge is -2.31. The molecule has 1 saturated carbocycles. The van der Waals surface area contributed by atoms with Gasteiger partial charge in [0.25, 0.3) is 0 Å². The zero-order valence-electron chi connectivity index (χ0n) is 13.5. The van der Waals surface area contributed by atoms with Crippen LogP contribution in [0, 0.1) is 12.8 Å². The highest BCUT2D eigenvalue weighted by atomic mass is 15.1. The molecule has 1 aliphatic carbocycles. The number of aromatic nitrogens is 2. The quantitative estimate of drug-likeness (QED) is 0.920.